The average molecular weight is 192 g/mol. The predicted molar refractivity (Wildman–Crippen MR) is 51.3 cm³/mol. The average Bonchev–Trinajstić information content (AvgIpc) is 2.03. The lowest BCUT2D eigenvalue weighted by Gasteiger charge is -2.24. The van der Waals surface area contributed by atoms with Gasteiger partial charge >= 0.3 is 0 Å². The Morgan fingerprint density at radius 1 is 1.46 bits per heavy atom. The number of ether oxygens (including phenoxy) is 2. The number of aliphatic hydroxyl groups excluding tert-OH is 1. The minimum absolute atomic E-state index is 0.273. The lowest BCUT2D eigenvalue weighted by molar-refractivity contribution is -0.0901. The standard InChI is InChI=1S/C8H18BFO3/c1-5(10)8(9)13-7(4-12-3)6(2)11/h5-8,11H,4,9H2,1-3H3/t5-,6+,7-,8?/m1/s1. The number of aliphatic hydroxyl groups is 1. The van der Waals surface area contributed by atoms with Crippen LogP contribution in [-0.2, 0) is 9.47 Å². The van der Waals surface area contributed by atoms with Gasteiger partial charge in [-0.3, -0.25) is 0 Å². The maximum absolute atomic E-state index is 12.7. The molecule has 3 nitrogen and oxygen atoms in total. The minimum Gasteiger partial charge on any atom is -0.391 e. The normalized spacial score (nSPS) is 20.7. The van der Waals surface area contributed by atoms with Crippen molar-refractivity contribution >= 4 is 7.85 Å². The molecule has 1 N–H and O–H groups in total. The van der Waals surface area contributed by atoms with Crippen molar-refractivity contribution in [1.82, 2.24) is 0 Å². The molecule has 0 aliphatic rings. The minimum atomic E-state index is -1.04. The Balaban J connectivity index is 3.94. The van der Waals surface area contributed by atoms with E-state index < -0.39 is 24.4 Å². The van der Waals surface area contributed by atoms with Crippen LogP contribution in [0.25, 0.3) is 0 Å². The highest BCUT2D eigenvalue weighted by atomic mass is 19.1. The van der Waals surface area contributed by atoms with Crippen molar-refractivity contribution in [1.29, 1.82) is 0 Å². The summed E-state index contributed by atoms with van der Waals surface area (Å²) in [5.74, 6) is 0. The lowest BCUT2D eigenvalue weighted by Crippen LogP contribution is -2.38. The van der Waals surface area contributed by atoms with Gasteiger partial charge in [-0.05, 0) is 13.8 Å². The molecule has 0 aromatic rings. The zero-order valence-electron chi connectivity index (χ0n) is 8.66. The van der Waals surface area contributed by atoms with Crippen molar-refractivity contribution < 1.29 is 19.0 Å². The number of hydrogen-bond donors (Lipinski definition) is 1. The lowest BCUT2D eigenvalue weighted by atomic mass is 9.95. The molecular formula is C8H18BFO3. The monoisotopic (exact) mass is 192 g/mol. The van der Waals surface area contributed by atoms with Gasteiger partial charge in [0.1, 0.15) is 20.1 Å². The molecule has 0 radical (unpaired) electrons. The van der Waals surface area contributed by atoms with E-state index >= 15 is 0 Å². The van der Waals surface area contributed by atoms with Crippen LogP contribution >= 0.6 is 0 Å². The van der Waals surface area contributed by atoms with Crippen molar-refractivity contribution in [3.8, 4) is 0 Å². The topological polar surface area (TPSA) is 38.7 Å². The molecule has 0 fully saturated rings. The second kappa shape index (κ2) is 6.35. The van der Waals surface area contributed by atoms with Crippen LogP contribution in [-0.4, -0.2) is 51.1 Å². The van der Waals surface area contributed by atoms with E-state index in [0.29, 0.717) is 0 Å². The first-order valence-corrected chi connectivity index (χ1v) is 4.45. The summed E-state index contributed by atoms with van der Waals surface area (Å²) in [7, 11) is 3.15. The van der Waals surface area contributed by atoms with E-state index in [9.17, 15) is 9.50 Å². The predicted octanol–water partition coefficient (Wildman–Crippen LogP) is -0.284. The van der Waals surface area contributed by atoms with Gasteiger partial charge in [0.15, 0.2) is 0 Å². The van der Waals surface area contributed by atoms with Crippen LogP contribution in [0.4, 0.5) is 4.39 Å². The van der Waals surface area contributed by atoms with Crippen molar-refractivity contribution in [2.24, 2.45) is 0 Å². The molecule has 0 saturated heterocycles. The molecule has 0 saturated carbocycles. The smallest absolute Gasteiger partial charge is 0.143 e. The van der Waals surface area contributed by atoms with Gasteiger partial charge in [-0.15, -0.1) is 0 Å². The Kier molecular flexibility index (Phi) is 6.29. The fraction of sp³-hybridized carbons (Fsp3) is 1.00. The Bertz CT molecular complexity index is 133. The fourth-order valence-corrected chi connectivity index (χ4v) is 0.840. The van der Waals surface area contributed by atoms with E-state index in [4.69, 9.17) is 9.47 Å². The van der Waals surface area contributed by atoms with Crippen molar-refractivity contribution in [2.75, 3.05) is 13.7 Å². The van der Waals surface area contributed by atoms with Crippen molar-refractivity contribution in [3.05, 3.63) is 0 Å². The molecule has 0 aromatic heterocycles. The third-order valence-electron chi connectivity index (χ3n) is 1.91. The molecule has 0 amide bonds. The Morgan fingerprint density at radius 2 is 2.00 bits per heavy atom. The summed E-state index contributed by atoms with van der Waals surface area (Å²) in [4.78, 5) is 0. The van der Waals surface area contributed by atoms with Gasteiger partial charge < -0.3 is 14.6 Å². The molecule has 13 heavy (non-hydrogen) atoms. The molecule has 5 heteroatoms. The zero-order chi connectivity index (χ0) is 10.4. The summed E-state index contributed by atoms with van der Waals surface area (Å²) < 4.78 is 22.8. The first kappa shape index (κ1) is 12.9. The van der Waals surface area contributed by atoms with E-state index in [0.717, 1.165) is 0 Å². The summed E-state index contributed by atoms with van der Waals surface area (Å²) in [6, 6.07) is -0.519. The summed E-state index contributed by atoms with van der Waals surface area (Å²) in [5.41, 5.74) is 0. The number of halogens is 1. The molecule has 0 heterocycles. The van der Waals surface area contributed by atoms with Gasteiger partial charge in [0.2, 0.25) is 0 Å². The van der Waals surface area contributed by atoms with Crippen LogP contribution in [0.3, 0.4) is 0 Å². The third-order valence-corrected chi connectivity index (χ3v) is 1.91. The molecule has 0 aliphatic carbocycles. The van der Waals surface area contributed by atoms with Gasteiger partial charge in [-0.1, -0.05) is 0 Å². The number of alkyl halides is 1. The van der Waals surface area contributed by atoms with Crippen LogP contribution in [0.1, 0.15) is 13.8 Å². The highest BCUT2D eigenvalue weighted by Crippen LogP contribution is 2.07. The fourth-order valence-electron chi connectivity index (χ4n) is 0.840. The van der Waals surface area contributed by atoms with E-state index in [1.807, 2.05) is 0 Å². The van der Waals surface area contributed by atoms with Crippen molar-refractivity contribution in [2.45, 2.75) is 38.2 Å². The Labute approximate surface area is 79.6 Å². The molecule has 0 aliphatic heterocycles. The van der Waals surface area contributed by atoms with Crippen LogP contribution < -0.4 is 0 Å². The Morgan fingerprint density at radius 3 is 2.31 bits per heavy atom. The molecular weight excluding hydrogens is 174 g/mol. The quantitative estimate of drug-likeness (QED) is 0.588. The number of hydrogen-bond acceptors (Lipinski definition) is 3. The molecule has 0 bridgehead atoms. The zero-order valence-corrected chi connectivity index (χ0v) is 8.66. The van der Waals surface area contributed by atoms with Gasteiger partial charge in [0, 0.05) is 7.11 Å². The highest BCUT2D eigenvalue weighted by Gasteiger charge is 2.21. The van der Waals surface area contributed by atoms with E-state index in [1.165, 1.54) is 14.0 Å². The van der Waals surface area contributed by atoms with Crippen LogP contribution in [0.2, 0.25) is 0 Å². The summed E-state index contributed by atoms with van der Waals surface area (Å²) in [5, 5.41) is 9.25. The first-order valence-electron chi connectivity index (χ1n) is 4.45. The second-order valence-corrected chi connectivity index (χ2v) is 3.25. The maximum Gasteiger partial charge on any atom is 0.143 e. The van der Waals surface area contributed by atoms with Crippen LogP contribution in [0, 0.1) is 0 Å². The molecule has 78 valence electrons. The maximum atomic E-state index is 12.7. The van der Waals surface area contributed by atoms with E-state index in [1.54, 1.807) is 14.8 Å². The van der Waals surface area contributed by atoms with Gasteiger partial charge in [0.25, 0.3) is 0 Å². The van der Waals surface area contributed by atoms with Crippen LogP contribution in [0.5, 0.6) is 0 Å². The molecule has 0 spiro atoms. The van der Waals surface area contributed by atoms with E-state index in [-0.39, 0.29) is 6.61 Å². The Hall–Kier alpha value is -0.125. The van der Waals surface area contributed by atoms with Crippen molar-refractivity contribution in [3.63, 3.8) is 0 Å². The molecule has 0 aromatic carbocycles. The third kappa shape index (κ3) is 5.23. The van der Waals surface area contributed by atoms with E-state index in [2.05, 4.69) is 0 Å². The molecule has 0 rings (SSSR count). The van der Waals surface area contributed by atoms with Crippen LogP contribution in [0.15, 0.2) is 0 Å². The first-order chi connectivity index (χ1) is 5.99. The SMILES string of the molecule is BC(O[C@H](COC)[C@H](C)O)[C@@H](C)F. The summed E-state index contributed by atoms with van der Waals surface area (Å²) >= 11 is 0. The largest absolute Gasteiger partial charge is 0.391 e. The van der Waals surface area contributed by atoms with Gasteiger partial charge in [0.05, 0.1) is 18.7 Å². The van der Waals surface area contributed by atoms with Gasteiger partial charge in [-0.25, -0.2) is 4.39 Å². The van der Waals surface area contributed by atoms with Gasteiger partial charge in [-0.2, -0.15) is 0 Å². The molecule has 1 unspecified atom stereocenters. The second-order valence-electron chi connectivity index (χ2n) is 3.25. The number of rotatable bonds is 6. The number of methoxy groups -OCH3 is 1. The summed E-state index contributed by atoms with van der Waals surface area (Å²) in [6.45, 7) is 3.30. The highest BCUT2D eigenvalue weighted by molar-refractivity contribution is 6.11. The summed E-state index contributed by atoms with van der Waals surface area (Å²) in [6.07, 6.45) is -2.16. The molecule has 4 atom stereocenters.